The van der Waals surface area contributed by atoms with E-state index in [1.54, 1.807) is 30.4 Å². The number of aryl methyl sites for hydroxylation is 1. The van der Waals surface area contributed by atoms with Gasteiger partial charge in [0.25, 0.3) is 0 Å². The van der Waals surface area contributed by atoms with Crippen molar-refractivity contribution in [2.75, 3.05) is 5.75 Å². The summed E-state index contributed by atoms with van der Waals surface area (Å²) < 4.78 is 0. The average molecular weight is 260 g/mol. The largest absolute Gasteiger partial charge is 0.271 e. The van der Waals surface area contributed by atoms with Gasteiger partial charge in [-0.15, -0.1) is 11.8 Å². The van der Waals surface area contributed by atoms with Crippen molar-refractivity contribution in [3.05, 3.63) is 54.1 Å². The summed E-state index contributed by atoms with van der Waals surface area (Å²) in [5.74, 6) is 6.40. The number of hydrogen-bond acceptors (Lipinski definition) is 5. The maximum absolute atomic E-state index is 5.58. The molecule has 0 spiro atoms. The van der Waals surface area contributed by atoms with Gasteiger partial charge in [-0.3, -0.25) is 21.2 Å². The van der Waals surface area contributed by atoms with Gasteiger partial charge in [-0.25, -0.2) is 0 Å². The molecule has 1 heterocycles. The van der Waals surface area contributed by atoms with Crippen molar-refractivity contribution in [1.29, 1.82) is 0 Å². The normalized spacial score (nSPS) is 12.3. The fraction of sp³-hybridized carbons (Fsp3) is 0.231. The summed E-state index contributed by atoms with van der Waals surface area (Å²) >= 11 is 1.76. The minimum absolute atomic E-state index is 0.00306. The Morgan fingerprint density at radius 3 is 2.83 bits per heavy atom. The zero-order valence-corrected chi connectivity index (χ0v) is 11.0. The van der Waals surface area contributed by atoms with E-state index in [-0.39, 0.29) is 6.04 Å². The lowest BCUT2D eigenvalue weighted by molar-refractivity contribution is 0.592. The predicted octanol–water partition coefficient (Wildman–Crippen LogP) is 2.08. The molecular weight excluding hydrogens is 244 g/mol. The third-order valence-corrected chi connectivity index (χ3v) is 3.91. The molecule has 1 atom stereocenters. The average Bonchev–Trinajstić information content (AvgIpc) is 2.42. The quantitative estimate of drug-likeness (QED) is 0.489. The highest BCUT2D eigenvalue weighted by Gasteiger charge is 2.12. The highest BCUT2D eigenvalue weighted by Crippen LogP contribution is 2.25. The van der Waals surface area contributed by atoms with E-state index < -0.39 is 0 Å². The first-order valence-corrected chi connectivity index (χ1v) is 6.70. The van der Waals surface area contributed by atoms with E-state index in [9.17, 15) is 0 Å². The van der Waals surface area contributed by atoms with Gasteiger partial charge in [0.1, 0.15) is 0 Å². The SMILES string of the molecule is Cc1ccccc1SCC(NN)c1cnccn1. The van der Waals surface area contributed by atoms with Crippen molar-refractivity contribution in [3.63, 3.8) is 0 Å². The number of hydrazine groups is 1. The van der Waals surface area contributed by atoms with E-state index in [0.29, 0.717) is 0 Å². The molecule has 4 nitrogen and oxygen atoms in total. The van der Waals surface area contributed by atoms with Gasteiger partial charge in [0.05, 0.1) is 17.9 Å². The summed E-state index contributed by atoms with van der Waals surface area (Å²) in [7, 11) is 0. The van der Waals surface area contributed by atoms with Crippen molar-refractivity contribution in [3.8, 4) is 0 Å². The molecular formula is C13H16N4S. The van der Waals surface area contributed by atoms with Crippen molar-refractivity contribution < 1.29 is 0 Å². The minimum Gasteiger partial charge on any atom is -0.271 e. The minimum atomic E-state index is 0.00306. The number of nitrogens with zero attached hydrogens (tertiary/aromatic N) is 2. The second-order valence-corrected chi connectivity index (χ2v) is 4.99. The Bertz CT molecular complexity index is 489. The molecule has 0 saturated heterocycles. The summed E-state index contributed by atoms with van der Waals surface area (Å²) in [4.78, 5) is 9.59. The summed E-state index contributed by atoms with van der Waals surface area (Å²) in [6.07, 6.45) is 5.08. The number of nitrogens with two attached hydrogens (primary N) is 1. The van der Waals surface area contributed by atoms with Crippen LogP contribution in [-0.4, -0.2) is 15.7 Å². The zero-order chi connectivity index (χ0) is 12.8. The Hall–Kier alpha value is -1.43. The molecule has 0 fully saturated rings. The van der Waals surface area contributed by atoms with Crippen LogP contribution in [-0.2, 0) is 0 Å². The number of aromatic nitrogens is 2. The lowest BCUT2D eigenvalue weighted by Crippen LogP contribution is -2.30. The Labute approximate surface area is 111 Å². The maximum Gasteiger partial charge on any atom is 0.0778 e. The molecule has 0 bridgehead atoms. The van der Waals surface area contributed by atoms with Gasteiger partial charge in [-0.1, -0.05) is 18.2 Å². The van der Waals surface area contributed by atoms with E-state index in [4.69, 9.17) is 5.84 Å². The third kappa shape index (κ3) is 3.29. The summed E-state index contributed by atoms with van der Waals surface area (Å²) in [6, 6.07) is 8.31. The molecule has 1 aromatic carbocycles. The van der Waals surface area contributed by atoms with Crippen molar-refractivity contribution in [2.45, 2.75) is 17.9 Å². The first-order valence-electron chi connectivity index (χ1n) is 5.71. The fourth-order valence-electron chi connectivity index (χ4n) is 1.60. The van der Waals surface area contributed by atoms with Crippen LogP contribution in [0, 0.1) is 6.92 Å². The van der Waals surface area contributed by atoms with E-state index in [0.717, 1.165) is 11.4 Å². The van der Waals surface area contributed by atoms with Crippen LogP contribution in [0.3, 0.4) is 0 Å². The summed E-state index contributed by atoms with van der Waals surface area (Å²) in [5.41, 5.74) is 4.92. The van der Waals surface area contributed by atoms with Crippen LogP contribution in [0.5, 0.6) is 0 Å². The molecule has 0 amide bonds. The molecule has 1 aromatic heterocycles. The Morgan fingerprint density at radius 2 is 2.17 bits per heavy atom. The molecule has 0 radical (unpaired) electrons. The second kappa shape index (κ2) is 6.49. The highest BCUT2D eigenvalue weighted by atomic mass is 32.2. The molecule has 0 saturated carbocycles. The molecule has 94 valence electrons. The molecule has 1 unspecified atom stereocenters. The first kappa shape index (κ1) is 13.0. The lowest BCUT2D eigenvalue weighted by atomic mass is 10.2. The van der Waals surface area contributed by atoms with Gasteiger partial charge in [0, 0.05) is 23.0 Å². The van der Waals surface area contributed by atoms with Crippen LogP contribution in [0.2, 0.25) is 0 Å². The topological polar surface area (TPSA) is 63.8 Å². The number of rotatable bonds is 5. The Kier molecular flexibility index (Phi) is 4.69. The molecule has 3 N–H and O–H groups in total. The molecule has 2 rings (SSSR count). The fourth-order valence-corrected chi connectivity index (χ4v) is 2.68. The maximum atomic E-state index is 5.58. The predicted molar refractivity (Wildman–Crippen MR) is 74.0 cm³/mol. The van der Waals surface area contributed by atoms with Gasteiger partial charge in [0.2, 0.25) is 0 Å². The van der Waals surface area contributed by atoms with Crippen LogP contribution in [0.15, 0.2) is 47.8 Å². The monoisotopic (exact) mass is 260 g/mol. The Morgan fingerprint density at radius 1 is 1.33 bits per heavy atom. The van der Waals surface area contributed by atoms with Crippen molar-refractivity contribution in [2.24, 2.45) is 5.84 Å². The Balaban J connectivity index is 2.02. The number of hydrogen-bond donors (Lipinski definition) is 2. The van der Waals surface area contributed by atoms with Crippen LogP contribution in [0.4, 0.5) is 0 Å². The second-order valence-electron chi connectivity index (χ2n) is 3.93. The number of nitrogens with one attached hydrogen (secondary N) is 1. The van der Waals surface area contributed by atoms with E-state index in [2.05, 4.69) is 34.5 Å². The van der Waals surface area contributed by atoms with Gasteiger partial charge in [-0.05, 0) is 18.6 Å². The smallest absolute Gasteiger partial charge is 0.0778 e. The van der Waals surface area contributed by atoms with Gasteiger partial charge in [-0.2, -0.15) is 0 Å². The van der Waals surface area contributed by atoms with E-state index in [1.165, 1.54) is 10.5 Å². The first-order chi connectivity index (χ1) is 8.81. The zero-order valence-electron chi connectivity index (χ0n) is 10.2. The van der Waals surface area contributed by atoms with Gasteiger partial charge < -0.3 is 0 Å². The van der Waals surface area contributed by atoms with Crippen LogP contribution < -0.4 is 11.3 Å². The van der Waals surface area contributed by atoms with Crippen molar-refractivity contribution in [1.82, 2.24) is 15.4 Å². The number of thioether (sulfide) groups is 1. The molecule has 0 aliphatic rings. The standard InChI is InChI=1S/C13H16N4S/c1-10-4-2-3-5-13(10)18-9-12(17-14)11-8-15-6-7-16-11/h2-8,12,17H,9,14H2,1H3. The molecule has 0 aliphatic heterocycles. The molecule has 18 heavy (non-hydrogen) atoms. The van der Waals surface area contributed by atoms with E-state index in [1.807, 2.05) is 12.1 Å². The van der Waals surface area contributed by atoms with Gasteiger partial charge >= 0.3 is 0 Å². The third-order valence-electron chi connectivity index (χ3n) is 2.64. The molecule has 5 heteroatoms. The summed E-state index contributed by atoms with van der Waals surface area (Å²) in [6.45, 7) is 2.11. The van der Waals surface area contributed by atoms with Crippen LogP contribution in [0.25, 0.3) is 0 Å². The van der Waals surface area contributed by atoms with Crippen LogP contribution >= 0.6 is 11.8 Å². The van der Waals surface area contributed by atoms with E-state index >= 15 is 0 Å². The summed E-state index contributed by atoms with van der Waals surface area (Å²) in [5, 5.41) is 0. The highest BCUT2D eigenvalue weighted by molar-refractivity contribution is 7.99. The van der Waals surface area contributed by atoms with Gasteiger partial charge in [0.15, 0.2) is 0 Å². The molecule has 0 aliphatic carbocycles. The van der Waals surface area contributed by atoms with Crippen molar-refractivity contribution >= 4 is 11.8 Å². The lowest BCUT2D eigenvalue weighted by Gasteiger charge is -2.15. The number of benzene rings is 1. The molecule has 2 aromatic rings. The van der Waals surface area contributed by atoms with Crippen LogP contribution in [0.1, 0.15) is 17.3 Å².